The molecular weight excluding hydrogens is 292 g/mol. The van der Waals surface area contributed by atoms with Gasteiger partial charge >= 0.3 is 0 Å². The first-order valence-corrected chi connectivity index (χ1v) is 7.64. The summed E-state index contributed by atoms with van der Waals surface area (Å²) >= 11 is 0. The summed E-state index contributed by atoms with van der Waals surface area (Å²) in [6.07, 6.45) is 0. The molecule has 1 aliphatic rings. The SMILES string of the molecule is CC(=O)CNC(=O)C(C)(C)C#Cc1cccc2c1COCCN2. The van der Waals surface area contributed by atoms with Crippen LogP contribution >= 0.6 is 0 Å². The van der Waals surface area contributed by atoms with Crippen LogP contribution in [-0.4, -0.2) is 31.4 Å². The Hall–Kier alpha value is -2.32. The van der Waals surface area contributed by atoms with Crippen molar-refractivity contribution < 1.29 is 14.3 Å². The number of Topliss-reactive ketones (excluding diaryl/α,β-unsaturated/α-hetero) is 1. The highest BCUT2D eigenvalue weighted by molar-refractivity contribution is 5.89. The quantitative estimate of drug-likeness (QED) is 0.834. The first kappa shape index (κ1) is 17.0. The van der Waals surface area contributed by atoms with E-state index in [9.17, 15) is 9.59 Å². The smallest absolute Gasteiger partial charge is 0.238 e. The molecule has 2 rings (SSSR count). The summed E-state index contributed by atoms with van der Waals surface area (Å²) < 4.78 is 5.56. The number of carbonyl (C=O) groups is 2. The molecule has 0 spiro atoms. The highest BCUT2D eigenvalue weighted by Gasteiger charge is 2.25. The Bertz CT molecular complexity index is 669. The van der Waals surface area contributed by atoms with E-state index in [0.717, 1.165) is 23.4 Å². The van der Waals surface area contributed by atoms with Gasteiger partial charge in [0.25, 0.3) is 0 Å². The van der Waals surface area contributed by atoms with Crippen LogP contribution in [0.4, 0.5) is 5.69 Å². The van der Waals surface area contributed by atoms with Gasteiger partial charge in [-0.15, -0.1) is 0 Å². The van der Waals surface area contributed by atoms with Crippen molar-refractivity contribution in [2.45, 2.75) is 27.4 Å². The number of nitrogens with one attached hydrogen (secondary N) is 2. The van der Waals surface area contributed by atoms with E-state index >= 15 is 0 Å². The van der Waals surface area contributed by atoms with Crippen molar-refractivity contribution >= 4 is 17.4 Å². The van der Waals surface area contributed by atoms with Crippen LogP contribution in [0.2, 0.25) is 0 Å². The van der Waals surface area contributed by atoms with E-state index in [2.05, 4.69) is 22.5 Å². The van der Waals surface area contributed by atoms with Crippen molar-refractivity contribution in [3.63, 3.8) is 0 Å². The highest BCUT2D eigenvalue weighted by atomic mass is 16.5. The van der Waals surface area contributed by atoms with E-state index in [-0.39, 0.29) is 18.2 Å². The number of rotatable bonds is 3. The fourth-order valence-electron chi connectivity index (χ4n) is 2.16. The average molecular weight is 314 g/mol. The van der Waals surface area contributed by atoms with Crippen molar-refractivity contribution in [1.82, 2.24) is 5.32 Å². The molecule has 1 heterocycles. The fourth-order valence-corrected chi connectivity index (χ4v) is 2.16. The van der Waals surface area contributed by atoms with Crippen molar-refractivity contribution in [3.05, 3.63) is 29.3 Å². The Labute approximate surface area is 136 Å². The molecule has 0 unspecified atom stereocenters. The zero-order chi connectivity index (χ0) is 16.9. The van der Waals surface area contributed by atoms with Crippen molar-refractivity contribution in [2.24, 2.45) is 5.41 Å². The molecule has 23 heavy (non-hydrogen) atoms. The first-order chi connectivity index (χ1) is 10.9. The van der Waals surface area contributed by atoms with Gasteiger partial charge in [-0.2, -0.15) is 0 Å². The lowest BCUT2D eigenvalue weighted by Crippen LogP contribution is -2.38. The summed E-state index contributed by atoms with van der Waals surface area (Å²) in [5.41, 5.74) is 2.01. The maximum Gasteiger partial charge on any atom is 0.238 e. The van der Waals surface area contributed by atoms with Gasteiger partial charge in [-0.3, -0.25) is 9.59 Å². The Morgan fingerprint density at radius 1 is 1.39 bits per heavy atom. The Balaban J connectivity index is 2.20. The molecular formula is C18H22N2O3. The van der Waals surface area contributed by atoms with E-state index < -0.39 is 5.41 Å². The van der Waals surface area contributed by atoms with Crippen LogP contribution in [0.15, 0.2) is 18.2 Å². The Morgan fingerprint density at radius 2 is 2.17 bits per heavy atom. The van der Waals surface area contributed by atoms with E-state index in [1.54, 1.807) is 13.8 Å². The zero-order valence-electron chi connectivity index (χ0n) is 13.8. The molecule has 0 bridgehead atoms. The minimum atomic E-state index is -0.878. The number of fused-ring (bicyclic) bond motifs is 1. The topological polar surface area (TPSA) is 67.4 Å². The predicted octanol–water partition coefficient (Wildman–Crippen LogP) is 1.71. The Kier molecular flexibility index (Phi) is 5.41. The molecule has 2 N–H and O–H groups in total. The molecule has 5 heteroatoms. The minimum absolute atomic E-state index is 0.0302. The van der Waals surface area contributed by atoms with Gasteiger partial charge in [-0.1, -0.05) is 17.9 Å². The van der Waals surface area contributed by atoms with Gasteiger partial charge in [-0.05, 0) is 32.9 Å². The summed E-state index contributed by atoms with van der Waals surface area (Å²) in [6.45, 7) is 6.87. The van der Waals surface area contributed by atoms with Crippen LogP contribution in [0.25, 0.3) is 0 Å². The summed E-state index contributed by atoms with van der Waals surface area (Å²) in [4.78, 5) is 23.1. The third-order valence-corrected chi connectivity index (χ3v) is 3.56. The van der Waals surface area contributed by atoms with Crippen LogP contribution in [0, 0.1) is 17.3 Å². The third kappa shape index (κ3) is 4.57. The van der Waals surface area contributed by atoms with Crippen LogP contribution < -0.4 is 10.6 Å². The second-order valence-electron chi connectivity index (χ2n) is 6.07. The number of carbonyl (C=O) groups excluding carboxylic acids is 2. The van der Waals surface area contributed by atoms with E-state index in [1.807, 2.05) is 18.2 Å². The van der Waals surface area contributed by atoms with Crippen molar-refractivity contribution in [1.29, 1.82) is 0 Å². The van der Waals surface area contributed by atoms with Crippen LogP contribution in [0.3, 0.4) is 0 Å². The van der Waals surface area contributed by atoms with E-state index in [0.29, 0.717) is 13.2 Å². The summed E-state index contributed by atoms with van der Waals surface area (Å²) in [7, 11) is 0. The third-order valence-electron chi connectivity index (χ3n) is 3.56. The summed E-state index contributed by atoms with van der Waals surface area (Å²) in [5, 5.41) is 5.91. The fraction of sp³-hybridized carbons (Fsp3) is 0.444. The molecule has 0 atom stereocenters. The second kappa shape index (κ2) is 7.30. The molecule has 122 valence electrons. The predicted molar refractivity (Wildman–Crippen MR) is 88.9 cm³/mol. The molecule has 5 nitrogen and oxygen atoms in total. The minimum Gasteiger partial charge on any atom is -0.382 e. The van der Waals surface area contributed by atoms with Gasteiger partial charge in [0.2, 0.25) is 5.91 Å². The second-order valence-corrected chi connectivity index (χ2v) is 6.07. The van der Waals surface area contributed by atoms with Gasteiger partial charge in [0.05, 0.1) is 19.8 Å². The molecule has 0 fully saturated rings. The van der Waals surface area contributed by atoms with E-state index in [4.69, 9.17) is 4.74 Å². The normalized spacial score (nSPS) is 13.7. The number of ether oxygens (including phenoxy) is 1. The van der Waals surface area contributed by atoms with Gasteiger partial charge in [0, 0.05) is 23.4 Å². The number of amides is 1. The maximum absolute atomic E-state index is 12.1. The van der Waals surface area contributed by atoms with Crippen LogP contribution in [-0.2, 0) is 20.9 Å². The number of benzene rings is 1. The van der Waals surface area contributed by atoms with Crippen LogP contribution in [0.5, 0.6) is 0 Å². The summed E-state index contributed by atoms with van der Waals surface area (Å²) in [6, 6.07) is 5.86. The monoisotopic (exact) mass is 314 g/mol. The lowest BCUT2D eigenvalue weighted by atomic mass is 9.92. The molecule has 0 saturated heterocycles. The standard InChI is InChI=1S/C18H22N2O3/c1-13(21)11-20-17(22)18(2,3)8-7-14-5-4-6-16-15(14)12-23-10-9-19-16/h4-6,19H,9-12H2,1-3H3,(H,20,22). The number of hydrogen-bond donors (Lipinski definition) is 2. The number of ketones is 1. The van der Waals surface area contributed by atoms with Crippen molar-refractivity contribution in [2.75, 3.05) is 25.0 Å². The van der Waals surface area contributed by atoms with Gasteiger partial charge < -0.3 is 15.4 Å². The molecule has 0 aromatic heterocycles. The van der Waals surface area contributed by atoms with Gasteiger partial charge in [0.1, 0.15) is 11.2 Å². The largest absolute Gasteiger partial charge is 0.382 e. The van der Waals surface area contributed by atoms with Gasteiger partial charge in [0.15, 0.2) is 0 Å². The number of anilines is 1. The Morgan fingerprint density at radius 3 is 2.91 bits per heavy atom. The molecule has 1 amide bonds. The van der Waals surface area contributed by atoms with E-state index in [1.165, 1.54) is 6.92 Å². The highest BCUT2D eigenvalue weighted by Crippen LogP contribution is 2.23. The van der Waals surface area contributed by atoms with Crippen LogP contribution in [0.1, 0.15) is 31.9 Å². The average Bonchev–Trinajstić information content (AvgIpc) is 2.76. The summed E-state index contributed by atoms with van der Waals surface area (Å²) in [5.74, 6) is 5.77. The number of hydrogen-bond acceptors (Lipinski definition) is 4. The molecule has 1 aromatic carbocycles. The lowest BCUT2D eigenvalue weighted by Gasteiger charge is -2.16. The molecule has 1 aliphatic heterocycles. The molecule has 0 radical (unpaired) electrons. The maximum atomic E-state index is 12.1. The molecule has 1 aromatic rings. The lowest BCUT2D eigenvalue weighted by molar-refractivity contribution is -0.128. The zero-order valence-corrected chi connectivity index (χ0v) is 13.8. The molecule has 0 saturated carbocycles. The van der Waals surface area contributed by atoms with Gasteiger partial charge in [-0.25, -0.2) is 0 Å². The first-order valence-electron chi connectivity index (χ1n) is 7.64. The van der Waals surface area contributed by atoms with Crippen molar-refractivity contribution in [3.8, 4) is 11.8 Å². The molecule has 0 aliphatic carbocycles.